The van der Waals surface area contributed by atoms with Crippen molar-refractivity contribution in [1.29, 1.82) is 0 Å². The van der Waals surface area contributed by atoms with Gasteiger partial charge < -0.3 is 15.3 Å². The molecule has 1 atom stereocenters. The topological polar surface area (TPSA) is 86.7 Å². The summed E-state index contributed by atoms with van der Waals surface area (Å²) in [5.41, 5.74) is 0.182. The van der Waals surface area contributed by atoms with Crippen molar-refractivity contribution in [2.24, 2.45) is 29.1 Å². The summed E-state index contributed by atoms with van der Waals surface area (Å²) in [5, 5.41) is 12.0. The Labute approximate surface area is 154 Å². The summed E-state index contributed by atoms with van der Waals surface area (Å²) in [6.07, 6.45) is 9.53. The summed E-state index contributed by atoms with van der Waals surface area (Å²) >= 11 is 0. The molecule has 1 unspecified atom stereocenters. The normalized spacial score (nSPS) is 38.2. The van der Waals surface area contributed by atoms with E-state index in [-0.39, 0.29) is 30.3 Å². The number of carboxylic acids is 1. The Bertz CT molecular complexity index is 567. The molecule has 6 nitrogen and oxygen atoms in total. The maximum absolute atomic E-state index is 12.5. The van der Waals surface area contributed by atoms with Gasteiger partial charge in [0.05, 0.1) is 12.5 Å². The van der Waals surface area contributed by atoms with Gasteiger partial charge in [-0.1, -0.05) is 0 Å². The highest BCUT2D eigenvalue weighted by atomic mass is 16.4. The largest absolute Gasteiger partial charge is 0.481 e. The van der Waals surface area contributed by atoms with Gasteiger partial charge in [-0.05, 0) is 74.5 Å². The smallest absolute Gasteiger partial charge is 0.308 e. The second-order valence-electron chi connectivity index (χ2n) is 9.39. The number of piperidine rings is 1. The van der Waals surface area contributed by atoms with Crippen LogP contribution in [0.3, 0.4) is 0 Å². The predicted octanol–water partition coefficient (Wildman–Crippen LogP) is 2.03. The van der Waals surface area contributed by atoms with Crippen LogP contribution in [0.2, 0.25) is 0 Å². The molecular formula is C20H30N2O4. The van der Waals surface area contributed by atoms with Gasteiger partial charge in [0.25, 0.3) is 0 Å². The van der Waals surface area contributed by atoms with Gasteiger partial charge in [0.15, 0.2) is 0 Å². The lowest BCUT2D eigenvalue weighted by Crippen LogP contribution is -2.49. The fraction of sp³-hybridized carbons (Fsp3) is 0.850. The van der Waals surface area contributed by atoms with Gasteiger partial charge in [-0.2, -0.15) is 0 Å². The minimum absolute atomic E-state index is 0.00244. The fourth-order valence-electron chi connectivity index (χ4n) is 6.60. The van der Waals surface area contributed by atoms with Crippen LogP contribution in [0.25, 0.3) is 0 Å². The van der Waals surface area contributed by atoms with E-state index in [9.17, 15) is 14.4 Å². The third-order valence-corrected chi connectivity index (χ3v) is 7.26. The molecular weight excluding hydrogens is 332 g/mol. The average molecular weight is 362 g/mol. The van der Waals surface area contributed by atoms with E-state index in [0.717, 1.165) is 17.8 Å². The first-order valence-corrected chi connectivity index (χ1v) is 10.2. The average Bonchev–Trinajstić information content (AvgIpc) is 2.58. The monoisotopic (exact) mass is 362 g/mol. The summed E-state index contributed by atoms with van der Waals surface area (Å²) in [6.45, 7) is 0.851. The van der Waals surface area contributed by atoms with E-state index in [1.807, 2.05) is 0 Å². The Morgan fingerprint density at radius 1 is 1.04 bits per heavy atom. The first-order chi connectivity index (χ1) is 12.4. The first-order valence-electron chi connectivity index (χ1n) is 10.2. The minimum Gasteiger partial charge on any atom is -0.481 e. The van der Waals surface area contributed by atoms with Crippen LogP contribution in [0, 0.1) is 29.1 Å². The lowest BCUT2D eigenvalue weighted by atomic mass is 9.49. The molecule has 0 spiro atoms. The first kappa shape index (κ1) is 17.8. The number of amides is 2. The number of aliphatic carboxylic acids is 1. The molecule has 0 aromatic heterocycles. The molecule has 0 aromatic rings. The molecule has 5 fully saturated rings. The third-order valence-electron chi connectivity index (χ3n) is 7.26. The molecule has 4 saturated carbocycles. The zero-order valence-corrected chi connectivity index (χ0v) is 15.4. The molecule has 144 valence electrons. The van der Waals surface area contributed by atoms with Crippen molar-refractivity contribution in [2.75, 3.05) is 19.6 Å². The number of likely N-dealkylation sites (tertiary alicyclic amines) is 1. The predicted molar refractivity (Wildman–Crippen MR) is 95.2 cm³/mol. The second kappa shape index (κ2) is 6.86. The van der Waals surface area contributed by atoms with Gasteiger partial charge in [0.1, 0.15) is 0 Å². The van der Waals surface area contributed by atoms with Gasteiger partial charge in [0, 0.05) is 19.5 Å². The number of carbonyl (C=O) groups is 3. The number of nitrogens with one attached hydrogen (secondary N) is 1. The number of rotatable bonds is 5. The standard InChI is InChI=1S/C20H30N2O4/c23-17(10-20-7-13-4-14(8-20)6-15(5-13)9-20)21-11-18(24)22-3-1-2-16(12-22)19(25)26/h13-16H,1-12H2,(H,21,23)(H,25,26). The van der Waals surface area contributed by atoms with Crippen LogP contribution >= 0.6 is 0 Å². The number of carbonyl (C=O) groups excluding carboxylic acids is 2. The van der Waals surface area contributed by atoms with Crippen LogP contribution < -0.4 is 5.32 Å². The van der Waals surface area contributed by atoms with Crippen molar-refractivity contribution in [3.8, 4) is 0 Å². The SMILES string of the molecule is O=C(CC12CC3CC(CC(C3)C1)C2)NCC(=O)N1CCCC(C(=O)O)C1. The van der Waals surface area contributed by atoms with Crippen LogP contribution in [0.1, 0.15) is 57.8 Å². The highest BCUT2D eigenvalue weighted by Gasteiger charge is 2.51. The van der Waals surface area contributed by atoms with Gasteiger partial charge in [-0.15, -0.1) is 0 Å². The van der Waals surface area contributed by atoms with Crippen molar-refractivity contribution < 1.29 is 19.5 Å². The molecule has 26 heavy (non-hydrogen) atoms. The maximum atomic E-state index is 12.5. The third kappa shape index (κ3) is 3.60. The van der Waals surface area contributed by atoms with Gasteiger partial charge in [0.2, 0.25) is 11.8 Å². The molecule has 1 saturated heterocycles. The molecule has 4 aliphatic carbocycles. The number of hydrogen-bond donors (Lipinski definition) is 2. The van der Waals surface area contributed by atoms with Crippen LogP contribution in [0.4, 0.5) is 0 Å². The number of nitrogens with zero attached hydrogens (tertiary/aromatic N) is 1. The Hall–Kier alpha value is -1.59. The second-order valence-corrected chi connectivity index (χ2v) is 9.39. The molecule has 2 N–H and O–H groups in total. The van der Waals surface area contributed by atoms with Crippen molar-refractivity contribution >= 4 is 17.8 Å². The Morgan fingerprint density at radius 3 is 2.23 bits per heavy atom. The van der Waals surface area contributed by atoms with Crippen LogP contribution in [0.15, 0.2) is 0 Å². The zero-order chi connectivity index (χ0) is 18.3. The Balaban J connectivity index is 1.26. The van der Waals surface area contributed by atoms with Gasteiger partial charge in [-0.25, -0.2) is 0 Å². The Kier molecular flexibility index (Phi) is 4.70. The zero-order valence-electron chi connectivity index (χ0n) is 15.4. The van der Waals surface area contributed by atoms with Crippen LogP contribution in [-0.2, 0) is 14.4 Å². The maximum Gasteiger partial charge on any atom is 0.308 e. The molecule has 5 rings (SSSR count). The minimum atomic E-state index is -0.839. The van der Waals surface area contributed by atoms with E-state index in [2.05, 4.69) is 5.32 Å². The molecule has 1 aliphatic heterocycles. The molecule has 5 aliphatic rings. The van der Waals surface area contributed by atoms with Crippen molar-refractivity contribution in [2.45, 2.75) is 57.8 Å². The van der Waals surface area contributed by atoms with E-state index >= 15 is 0 Å². The highest BCUT2D eigenvalue weighted by molar-refractivity contribution is 5.85. The van der Waals surface area contributed by atoms with Crippen molar-refractivity contribution in [1.82, 2.24) is 10.2 Å². The van der Waals surface area contributed by atoms with Crippen LogP contribution in [-0.4, -0.2) is 47.4 Å². The fourth-order valence-corrected chi connectivity index (χ4v) is 6.60. The van der Waals surface area contributed by atoms with Crippen molar-refractivity contribution in [3.05, 3.63) is 0 Å². The van der Waals surface area contributed by atoms with Gasteiger partial charge >= 0.3 is 5.97 Å². The van der Waals surface area contributed by atoms with E-state index in [1.165, 1.54) is 38.5 Å². The van der Waals surface area contributed by atoms with E-state index in [0.29, 0.717) is 25.8 Å². The van der Waals surface area contributed by atoms with Crippen LogP contribution in [0.5, 0.6) is 0 Å². The molecule has 6 heteroatoms. The lowest BCUT2D eigenvalue weighted by molar-refractivity contribution is -0.146. The summed E-state index contributed by atoms with van der Waals surface area (Å²) in [6, 6.07) is 0. The molecule has 4 bridgehead atoms. The Morgan fingerprint density at radius 2 is 1.65 bits per heavy atom. The quantitative estimate of drug-likeness (QED) is 0.783. The highest BCUT2D eigenvalue weighted by Crippen LogP contribution is 2.61. The number of hydrogen-bond acceptors (Lipinski definition) is 3. The molecule has 0 aromatic carbocycles. The van der Waals surface area contributed by atoms with Gasteiger partial charge in [-0.3, -0.25) is 14.4 Å². The number of carboxylic acid groups (broad SMARTS) is 1. The summed E-state index contributed by atoms with van der Waals surface area (Å²) in [4.78, 5) is 37.6. The summed E-state index contributed by atoms with van der Waals surface area (Å²) in [5.74, 6) is 0.969. The van der Waals surface area contributed by atoms with E-state index < -0.39 is 11.9 Å². The summed E-state index contributed by atoms with van der Waals surface area (Å²) in [7, 11) is 0. The molecule has 0 radical (unpaired) electrons. The summed E-state index contributed by atoms with van der Waals surface area (Å²) < 4.78 is 0. The molecule has 2 amide bonds. The van der Waals surface area contributed by atoms with E-state index in [4.69, 9.17) is 5.11 Å². The van der Waals surface area contributed by atoms with E-state index in [1.54, 1.807) is 4.90 Å². The van der Waals surface area contributed by atoms with Crippen molar-refractivity contribution in [3.63, 3.8) is 0 Å². The molecule has 1 heterocycles. The lowest BCUT2D eigenvalue weighted by Gasteiger charge is -2.56.